The maximum atomic E-state index is 13.1. The van der Waals surface area contributed by atoms with Crippen molar-refractivity contribution in [2.45, 2.75) is 43.8 Å². The summed E-state index contributed by atoms with van der Waals surface area (Å²) < 4.78 is 2.35. The molecule has 4 atom stereocenters. The topological polar surface area (TPSA) is 54.3 Å². The normalized spacial score (nSPS) is 24.8. The number of thiophene rings is 1. The molecule has 184 valence electrons. The lowest BCUT2D eigenvalue weighted by Crippen LogP contribution is -2.49. The minimum atomic E-state index is 0.197. The molecule has 1 saturated heterocycles. The fourth-order valence-corrected chi connectivity index (χ4v) is 8.09. The zero-order valence-corrected chi connectivity index (χ0v) is 21.9. The summed E-state index contributed by atoms with van der Waals surface area (Å²) in [6.07, 6.45) is 5.48. The van der Waals surface area contributed by atoms with E-state index >= 15 is 0 Å². The first-order valence-electron chi connectivity index (χ1n) is 12.9. The number of piperazine rings is 1. The number of fused-ring (bicyclic) bond motifs is 2. The quantitative estimate of drug-likeness (QED) is 0.398. The van der Waals surface area contributed by atoms with Gasteiger partial charge in [-0.3, -0.25) is 9.36 Å². The van der Waals surface area contributed by atoms with E-state index in [2.05, 4.69) is 68.4 Å². The number of aromatic nitrogens is 3. The van der Waals surface area contributed by atoms with Gasteiger partial charge in [0, 0.05) is 37.9 Å². The Hall–Kier alpha value is -2.32. The average molecular weight is 508 g/mol. The number of hydrogen-bond acceptors (Lipinski definition) is 6. The van der Waals surface area contributed by atoms with Gasteiger partial charge in [0.05, 0.1) is 10.6 Å². The van der Waals surface area contributed by atoms with Crippen LogP contribution in [0.5, 0.6) is 0 Å². The second kappa shape index (κ2) is 9.97. The number of amides is 1. The van der Waals surface area contributed by atoms with E-state index in [1.165, 1.54) is 31.4 Å². The van der Waals surface area contributed by atoms with E-state index in [1.807, 2.05) is 11.0 Å². The monoisotopic (exact) mass is 507 g/mol. The predicted molar refractivity (Wildman–Crippen MR) is 143 cm³/mol. The van der Waals surface area contributed by atoms with Crippen molar-refractivity contribution in [3.8, 4) is 10.7 Å². The number of carbonyl (C=O) groups is 1. The van der Waals surface area contributed by atoms with Gasteiger partial charge in [-0.15, -0.1) is 21.5 Å². The van der Waals surface area contributed by atoms with E-state index in [0.29, 0.717) is 17.7 Å². The molecule has 1 aliphatic heterocycles. The van der Waals surface area contributed by atoms with E-state index in [9.17, 15) is 4.79 Å². The number of thioether (sulfide) groups is 1. The lowest BCUT2D eigenvalue weighted by atomic mass is 9.84. The summed E-state index contributed by atoms with van der Waals surface area (Å²) in [5.74, 6) is 3.99. The van der Waals surface area contributed by atoms with Gasteiger partial charge in [0.25, 0.3) is 0 Å². The van der Waals surface area contributed by atoms with Crippen molar-refractivity contribution in [2.24, 2.45) is 17.8 Å². The van der Waals surface area contributed by atoms with Crippen molar-refractivity contribution in [3.05, 3.63) is 47.8 Å². The van der Waals surface area contributed by atoms with Crippen LogP contribution in [0.2, 0.25) is 0 Å². The molecule has 6 rings (SSSR count). The molecule has 2 aliphatic carbocycles. The Bertz CT molecular complexity index is 1140. The van der Waals surface area contributed by atoms with E-state index in [1.54, 1.807) is 23.1 Å². The van der Waals surface area contributed by atoms with Crippen molar-refractivity contribution in [1.82, 2.24) is 19.7 Å². The Morgan fingerprint density at radius 1 is 1.06 bits per heavy atom. The molecule has 6 nitrogen and oxygen atoms in total. The molecule has 3 heterocycles. The standard InChI is InChI=1S/C27H33N5OS2/c1-19(23-17-20-9-10-21(23)16-20)32-26(24-8-5-15-34-24)28-29-27(32)35-18-25(33)31-13-11-30(12-14-31)22-6-3-2-4-7-22/h2-8,15,19-21,23H,9-14,16-18H2,1H3/t19-,20-,21-,23-/m1/s1. The van der Waals surface area contributed by atoms with Gasteiger partial charge in [-0.25, -0.2) is 0 Å². The molecule has 2 bridgehead atoms. The highest BCUT2D eigenvalue weighted by Crippen LogP contribution is 2.53. The van der Waals surface area contributed by atoms with Gasteiger partial charge in [0.2, 0.25) is 5.91 Å². The van der Waals surface area contributed by atoms with Crippen molar-refractivity contribution in [2.75, 3.05) is 36.8 Å². The van der Waals surface area contributed by atoms with Crippen LogP contribution < -0.4 is 4.90 Å². The van der Waals surface area contributed by atoms with E-state index in [0.717, 1.165) is 53.9 Å². The van der Waals surface area contributed by atoms with Crippen LogP contribution in [0.3, 0.4) is 0 Å². The molecular formula is C27H33N5OS2. The van der Waals surface area contributed by atoms with E-state index < -0.39 is 0 Å². The third-order valence-electron chi connectivity index (χ3n) is 8.30. The van der Waals surface area contributed by atoms with Crippen LogP contribution in [0.4, 0.5) is 5.69 Å². The van der Waals surface area contributed by atoms with Crippen LogP contribution in [0.15, 0.2) is 53.0 Å². The predicted octanol–water partition coefficient (Wildman–Crippen LogP) is 5.44. The minimum absolute atomic E-state index is 0.197. The number of carbonyl (C=O) groups excluding carboxylic acids is 1. The SMILES string of the molecule is C[C@H]([C@H]1C[C@@H]2CC[C@@H]1C2)n1c(SCC(=O)N2CCN(c3ccccc3)CC2)nnc1-c1cccs1. The van der Waals surface area contributed by atoms with Crippen LogP contribution in [0.25, 0.3) is 10.7 Å². The Balaban J connectivity index is 1.14. The summed E-state index contributed by atoms with van der Waals surface area (Å²) >= 11 is 3.27. The number of nitrogens with zero attached hydrogens (tertiary/aromatic N) is 5. The van der Waals surface area contributed by atoms with E-state index in [4.69, 9.17) is 0 Å². The molecule has 1 amide bonds. The molecule has 3 fully saturated rings. The smallest absolute Gasteiger partial charge is 0.233 e. The first kappa shape index (κ1) is 23.1. The maximum Gasteiger partial charge on any atom is 0.233 e. The van der Waals surface area contributed by atoms with Crippen molar-refractivity contribution in [3.63, 3.8) is 0 Å². The van der Waals surface area contributed by atoms with Gasteiger partial charge in [-0.05, 0) is 67.5 Å². The third-order valence-corrected chi connectivity index (χ3v) is 10.1. The molecule has 35 heavy (non-hydrogen) atoms. The van der Waals surface area contributed by atoms with Crippen molar-refractivity contribution >= 4 is 34.7 Å². The Morgan fingerprint density at radius 2 is 1.89 bits per heavy atom. The highest BCUT2D eigenvalue weighted by molar-refractivity contribution is 7.99. The van der Waals surface area contributed by atoms with Crippen LogP contribution in [0.1, 0.15) is 38.6 Å². The third kappa shape index (κ3) is 4.62. The van der Waals surface area contributed by atoms with Gasteiger partial charge in [-0.2, -0.15) is 0 Å². The fraction of sp³-hybridized carbons (Fsp3) is 0.519. The summed E-state index contributed by atoms with van der Waals surface area (Å²) in [4.78, 5) is 18.6. The highest BCUT2D eigenvalue weighted by Gasteiger charge is 2.43. The van der Waals surface area contributed by atoms with Crippen LogP contribution in [-0.2, 0) is 4.79 Å². The molecule has 2 saturated carbocycles. The number of anilines is 1. The van der Waals surface area contributed by atoms with Crippen molar-refractivity contribution in [1.29, 1.82) is 0 Å². The number of para-hydroxylation sites is 1. The average Bonchev–Trinajstić information content (AvgIpc) is 3.72. The van der Waals surface area contributed by atoms with Gasteiger partial charge in [-0.1, -0.05) is 42.4 Å². The van der Waals surface area contributed by atoms with Gasteiger partial charge >= 0.3 is 0 Å². The summed E-state index contributed by atoms with van der Waals surface area (Å²) in [6, 6.07) is 15.0. The molecule has 0 N–H and O–H groups in total. The Morgan fingerprint density at radius 3 is 2.57 bits per heavy atom. The molecule has 1 aromatic carbocycles. The van der Waals surface area contributed by atoms with Crippen LogP contribution >= 0.6 is 23.1 Å². The second-order valence-corrected chi connectivity index (χ2v) is 12.1. The number of benzene rings is 1. The molecular weight excluding hydrogens is 474 g/mol. The second-order valence-electron chi connectivity index (χ2n) is 10.2. The first-order valence-corrected chi connectivity index (χ1v) is 14.7. The molecule has 2 aromatic heterocycles. The summed E-state index contributed by atoms with van der Waals surface area (Å²) in [5, 5.41) is 12.2. The van der Waals surface area contributed by atoms with Gasteiger partial charge in [0.1, 0.15) is 0 Å². The molecule has 0 spiro atoms. The molecule has 8 heteroatoms. The number of hydrogen-bond donors (Lipinski definition) is 0. The minimum Gasteiger partial charge on any atom is -0.368 e. The molecule has 0 radical (unpaired) electrons. The largest absolute Gasteiger partial charge is 0.368 e. The van der Waals surface area contributed by atoms with Gasteiger partial charge < -0.3 is 9.80 Å². The van der Waals surface area contributed by atoms with Gasteiger partial charge in [0.15, 0.2) is 11.0 Å². The van der Waals surface area contributed by atoms with Crippen molar-refractivity contribution < 1.29 is 4.79 Å². The maximum absolute atomic E-state index is 13.1. The highest BCUT2D eigenvalue weighted by atomic mass is 32.2. The van der Waals surface area contributed by atoms with E-state index in [-0.39, 0.29) is 5.91 Å². The fourth-order valence-electron chi connectivity index (χ4n) is 6.46. The lowest BCUT2D eigenvalue weighted by Gasteiger charge is -2.36. The lowest BCUT2D eigenvalue weighted by molar-refractivity contribution is -0.128. The zero-order chi connectivity index (χ0) is 23.8. The summed E-state index contributed by atoms with van der Waals surface area (Å²) in [5.41, 5.74) is 1.23. The molecule has 0 unspecified atom stereocenters. The Labute approximate surface area is 215 Å². The summed E-state index contributed by atoms with van der Waals surface area (Å²) in [6.45, 7) is 5.63. The first-order chi connectivity index (χ1) is 17.2. The molecule has 3 aromatic rings. The zero-order valence-electron chi connectivity index (χ0n) is 20.3. The summed E-state index contributed by atoms with van der Waals surface area (Å²) in [7, 11) is 0. The molecule has 3 aliphatic rings. The number of rotatable bonds is 7. The van der Waals surface area contributed by atoms with Crippen LogP contribution in [0, 0.1) is 17.8 Å². The Kier molecular flexibility index (Phi) is 6.58. The van der Waals surface area contributed by atoms with Crippen LogP contribution in [-0.4, -0.2) is 57.5 Å².